The third-order valence-corrected chi connectivity index (χ3v) is 4.39. The predicted octanol–water partition coefficient (Wildman–Crippen LogP) is 4.82. The molecule has 102 valence electrons. The van der Waals surface area contributed by atoms with E-state index in [0.29, 0.717) is 0 Å². The molecule has 0 saturated carbocycles. The zero-order valence-corrected chi connectivity index (χ0v) is 12.1. The molecule has 21 heavy (non-hydrogen) atoms. The van der Waals surface area contributed by atoms with Crippen LogP contribution in [0.25, 0.3) is 22.3 Å². The van der Waals surface area contributed by atoms with Crippen molar-refractivity contribution in [1.82, 2.24) is 0 Å². The van der Waals surface area contributed by atoms with Crippen LogP contribution in [0.5, 0.6) is 0 Å². The fraction of sp³-hybridized carbons (Fsp3) is 0.100. The van der Waals surface area contributed by atoms with E-state index >= 15 is 0 Å². The van der Waals surface area contributed by atoms with Crippen molar-refractivity contribution in [1.29, 1.82) is 0 Å². The number of anilines is 1. The lowest BCUT2D eigenvalue weighted by molar-refractivity contribution is 1.27. The van der Waals surface area contributed by atoms with Crippen molar-refractivity contribution in [3.63, 3.8) is 0 Å². The highest BCUT2D eigenvalue weighted by molar-refractivity contribution is 5.89. The van der Waals surface area contributed by atoms with E-state index in [9.17, 15) is 0 Å². The van der Waals surface area contributed by atoms with Gasteiger partial charge in [-0.15, -0.1) is 0 Å². The molecule has 0 saturated heterocycles. The Morgan fingerprint density at radius 1 is 0.762 bits per heavy atom. The molecule has 3 aromatic rings. The lowest BCUT2D eigenvalue weighted by atomic mass is 9.96. The van der Waals surface area contributed by atoms with Gasteiger partial charge in [-0.3, -0.25) is 0 Å². The maximum absolute atomic E-state index is 6.48. The minimum Gasteiger partial charge on any atom is -0.398 e. The van der Waals surface area contributed by atoms with Crippen LogP contribution in [0.4, 0.5) is 5.69 Å². The van der Waals surface area contributed by atoms with Gasteiger partial charge < -0.3 is 5.73 Å². The monoisotopic (exact) mass is 271 g/mol. The average Bonchev–Trinajstić information content (AvgIpc) is 2.89. The maximum Gasteiger partial charge on any atom is 0.0435 e. The fourth-order valence-corrected chi connectivity index (χ4v) is 3.22. The van der Waals surface area contributed by atoms with Crippen LogP contribution in [-0.4, -0.2) is 0 Å². The number of hydrogen-bond donors (Lipinski definition) is 1. The van der Waals surface area contributed by atoms with Crippen LogP contribution in [0, 0.1) is 6.92 Å². The summed E-state index contributed by atoms with van der Waals surface area (Å²) in [6.45, 7) is 2.10. The smallest absolute Gasteiger partial charge is 0.0435 e. The molecule has 0 atom stereocenters. The zero-order valence-electron chi connectivity index (χ0n) is 12.1. The third-order valence-electron chi connectivity index (χ3n) is 4.39. The summed E-state index contributed by atoms with van der Waals surface area (Å²) in [5.41, 5.74) is 16.3. The first-order valence-corrected chi connectivity index (χ1v) is 7.31. The summed E-state index contributed by atoms with van der Waals surface area (Å²) in [6.07, 6.45) is 0.942. The van der Waals surface area contributed by atoms with Gasteiger partial charge in [0.25, 0.3) is 0 Å². The Kier molecular flexibility index (Phi) is 2.61. The second-order valence-electron chi connectivity index (χ2n) is 5.75. The molecular formula is C20H17N. The molecule has 0 radical (unpaired) electrons. The summed E-state index contributed by atoms with van der Waals surface area (Å²) in [5, 5.41) is 0. The van der Waals surface area contributed by atoms with Crippen molar-refractivity contribution in [3.8, 4) is 22.3 Å². The molecule has 0 spiro atoms. The molecular weight excluding hydrogens is 254 g/mol. The van der Waals surface area contributed by atoms with E-state index in [1.807, 2.05) is 0 Å². The molecule has 0 heterocycles. The van der Waals surface area contributed by atoms with Gasteiger partial charge >= 0.3 is 0 Å². The second-order valence-corrected chi connectivity index (χ2v) is 5.75. The second kappa shape index (κ2) is 4.49. The maximum atomic E-state index is 6.48. The Bertz CT molecular complexity index is 829. The highest BCUT2D eigenvalue weighted by Crippen LogP contribution is 2.42. The summed E-state index contributed by atoms with van der Waals surface area (Å²) in [5.74, 6) is 0. The lowest BCUT2D eigenvalue weighted by Gasteiger charge is -2.11. The number of nitrogen functional groups attached to an aromatic ring is 1. The Morgan fingerprint density at radius 2 is 1.48 bits per heavy atom. The van der Waals surface area contributed by atoms with E-state index in [-0.39, 0.29) is 0 Å². The minimum atomic E-state index is 0.924. The summed E-state index contributed by atoms with van der Waals surface area (Å²) in [4.78, 5) is 0. The Morgan fingerprint density at radius 3 is 2.29 bits per heavy atom. The molecule has 0 aliphatic heterocycles. The van der Waals surface area contributed by atoms with Gasteiger partial charge in [0, 0.05) is 17.7 Å². The quantitative estimate of drug-likeness (QED) is 0.494. The highest BCUT2D eigenvalue weighted by atomic mass is 14.6. The number of hydrogen-bond acceptors (Lipinski definition) is 1. The molecule has 0 amide bonds. The number of benzene rings is 3. The van der Waals surface area contributed by atoms with Gasteiger partial charge in [-0.2, -0.15) is 0 Å². The largest absolute Gasteiger partial charge is 0.398 e. The van der Waals surface area contributed by atoms with Gasteiger partial charge in [0.05, 0.1) is 0 Å². The van der Waals surface area contributed by atoms with Crippen molar-refractivity contribution in [3.05, 3.63) is 77.4 Å². The van der Waals surface area contributed by atoms with E-state index in [1.165, 1.54) is 33.4 Å². The summed E-state index contributed by atoms with van der Waals surface area (Å²) < 4.78 is 0. The van der Waals surface area contributed by atoms with Crippen LogP contribution in [-0.2, 0) is 6.42 Å². The normalized spacial score (nSPS) is 12.0. The van der Waals surface area contributed by atoms with Crippen LogP contribution < -0.4 is 5.73 Å². The molecule has 0 aromatic heterocycles. The van der Waals surface area contributed by atoms with Crippen molar-refractivity contribution < 1.29 is 0 Å². The van der Waals surface area contributed by atoms with Crippen LogP contribution in [0.3, 0.4) is 0 Å². The Balaban J connectivity index is 1.88. The van der Waals surface area contributed by atoms with Crippen LogP contribution in [0.1, 0.15) is 16.7 Å². The van der Waals surface area contributed by atoms with Crippen LogP contribution in [0.2, 0.25) is 0 Å². The Hall–Kier alpha value is -2.54. The lowest BCUT2D eigenvalue weighted by Crippen LogP contribution is -1.96. The summed E-state index contributed by atoms with van der Waals surface area (Å²) >= 11 is 0. The van der Waals surface area contributed by atoms with E-state index in [0.717, 1.165) is 17.7 Å². The minimum absolute atomic E-state index is 0.924. The molecule has 2 N–H and O–H groups in total. The Labute approximate surface area is 125 Å². The molecule has 3 aromatic carbocycles. The first kappa shape index (κ1) is 12.2. The summed E-state index contributed by atoms with van der Waals surface area (Å²) in [6, 6.07) is 21.5. The van der Waals surface area contributed by atoms with E-state index in [2.05, 4.69) is 67.6 Å². The average molecular weight is 271 g/mol. The van der Waals surface area contributed by atoms with Gasteiger partial charge in [0.15, 0.2) is 0 Å². The molecule has 0 unspecified atom stereocenters. The molecule has 0 bridgehead atoms. The van der Waals surface area contributed by atoms with Gasteiger partial charge in [-0.1, -0.05) is 66.2 Å². The van der Waals surface area contributed by atoms with E-state index < -0.39 is 0 Å². The van der Waals surface area contributed by atoms with Gasteiger partial charge in [-0.25, -0.2) is 0 Å². The molecule has 1 nitrogen and oxygen atoms in total. The van der Waals surface area contributed by atoms with Crippen molar-refractivity contribution >= 4 is 5.69 Å². The first-order valence-electron chi connectivity index (χ1n) is 7.31. The van der Waals surface area contributed by atoms with E-state index in [4.69, 9.17) is 5.73 Å². The van der Waals surface area contributed by atoms with Crippen molar-refractivity contribution in [2.75, 3.05) is 5.73 Å². The standard InChI is InChI=1S/C20H17N/c1-13-6-8-14(9-7-13)17-10-11-18-16-5-3-2-4-15(16)12-19(18)20(17)21/h2-11H,12,21H2,1H3. The predicted molar refractivity (Wildman–Crippen MR) is 89.3 cm³/mol. The molecule has 1 aliphatic rings. The van der Waals surface area contributed by atoms with E-state index in [1.54, 1.807) is 0 Å². The van der Waals surface area contributed by atoms with Crippen molar-refractivity contribution in [2.45, 2.75) is 13.3 Å². The summed E-state index contributed by atoms with van der Waals surface area (Å²) in [7, 11) is 0. The number of nitrogens with two attached hydrogens (primary N) is 1. The third kappa shape index (κ3) is 1.85. The topological polar surface area (TPSA) is 26.0 Å². The van der Waals surface area contributed by atoms with Crippen LogP contribution in [0.15, 0.2) is 60.7 Å². The number of rotatable bonds is 1. The first-order chi connectivity index (χ1) is 10.2. The molecule has 1 aliphatic carbocycles. The van der Waals surface area contributed by atoms with Gasteiger partial charge in [0.2, 0.25) is 0 Å². The molecule has 0 fully saturated rings. The number of fused-ring (bicyclic) bond motifs is 3. The number of aryl methyl sites for hydroxylation is 1. The molecule has 1 heteroatoms. The fourth-order valence-electron chi connectivity index (χ4n) is 3.22. The zero-order chi connectivity index (χ0) is 14.4. The highest BCUT2D eigenvalue weighted by Gasteiger charge is 2.21. The van der Waals surface area contributed by atoms with Gasteiger partial charge in [0.1, 0.15) is 0 Å². The van der Waals surface area contributed by atoms with Gasteiger partial charge in [-0.05, 0) is 34.7 Å². The SMILES string of the molecule is Cc1ccc(-c2ccc3c(c2N)Cc2ccccc2-3)cc1. The van der Waals surface area contributed by atoms with Crippen molar-refractivity contribution in [2.24, 2.45) is 0 Å². The molecule has 4 rings (SSSR count). The van der Waals surface area contributed by atoms with Crippen LogP contribution >= 0.6 is 0 Å².